The molecule has 0 aliphatic rings. The van der Waals surface area contributed by atoms with E-state index < -0.39 is 0 Å². The average molecular weight is 275 g/mol. The van der Waals surface area contributed by atoms with E-state index in [-0.39, 0.29) is 0 Å². The van der Waals surface area contributed by atoms with Crippen molar-refractivity contribution in [1.82, 2.24) is 15.1 Å². The van der Waals surface area contributed by atoms with Gasteiger partial charge in [0.2, 0.25) is 0 Å². The van der Waals surface area contributed by atoms with Crippen molar-refractivity contribution in [2.45, 2.75) is 19.5 Å². The lowest BCUT2D eigenvalue weighted by Gasteiger charge is -2.11. The molecule has 0 amide bonds. The number of nitrogens with zero attached hydrogens (tertiary/aromatic N) is 2. The maximum absolute atomic E-state index is 5.35. The van der Waals surface area contributed by atoms with Crippen molar-refractivity contribution in [3.05, 3.63) is 42.2 Å². The fourth-order valence-electron chi connectivity index (χ4n) is 2.04. The van der Waals surface area contributed by atoms with Crippen LogP contribution >= 0.6 is 0 Å². The topological polar surface area (TPSA) is 48.3 Å². The van der Waals surface area contributed by atoms with Crippen LogP contribution in [0.2, 0.25) is 0 Å². The van der Waals surface area contributed by atoms with Crippen molar-refractivity contribution in [2.75, 3.05) is 20.8 Å². The van der Waals surface area contributed by atoms with Gasteiger partial charge in [-0.2, -0.15) is 5.10 Å². The quantitative estimate of drug-likeness (QED) is 0.749. The first-order valence-electron chi connectivity index (χ1n) is 6.72. The van der Waals surface area contributed by atoms with Gasteiger partial charge in [-0.3, -0.25) is 4.68 Å². The summed E-state index contributed by atoms with van der Waals surface area (Å²) in [5.41, 5.74) is 1.10. The molecular formula is C15H21N3O2. The molecule has 0 atom stereocenters. The molecule has 0 aliphatic carbocycles. The molecule has 1 N–H and O–H groups in total. The van der Waals surface area contributed by atoms with Gasteiger partial charge in [0.05, 0.1) is 14.2 Å². The predicted molar refractivity (Wildman–Crippen MR) is 78.1 cm³/mol. The zero-order valence-corrected chi connectivity index (χ0v) is 12.0. The van der Waals surface area contributed by atoms with Gasteiger partial charge in [-0.25, -0.2) is 0 Å². The Hall–Kier alpha value is -2.01. The van der Waals surface area contributed by atoms with Gasteiger partial charge in [-0.05, 0) is 37.2 Å². The Morgan fingerprint density at radius 3 is 2.85 bits per heavy atom. The SMILES string of the molecule is COc1ccc(OC)c(CNCCCn2cccn2)c1. The first-order valence-corrected chi connectivity index (χ1v) is 6.72. The van der Waals surface area contributed by atoms with Crippen LogP contribution in [0.25, 0.3) is 0 Å². The van der Waals surface area contributed by atoms with Crippen LogP contribution in [-0.4, -0.2) is 30.5 Å². The second kappa shape index (κ2) is 7.55. The molecule has 0 spiro atoms. The third-order valence-electron chi connectivity index (χ3n) is 3.10. The van der Waals surface area contributed by atoms with Crippen molar-refractivity contribution in [2.24, 2.45) is 0 Å². The summed E-state index contributed by atoms with van der Waals surface area (Å²) in [6.45, 7) is 2.62. The van der Waals surface area contributed by atoms with Crippen LogP contribution < -0.4 is 14.8 Å². The highest BCUT2D eigenvalue weighted by molar-refractivity contribution is 5.40. The van der Waals surface area contributed by atoms with Crippen LogP contribution in [0, 0.1) is 0 Å². The first-order chi connectivity index (χ1) is 9.83. The third kappa shape index (κ3) is 3.99. The minimum Gasteiger partial charge on any atom is -0.497 e. The summed E-state index contributed by atoms with van der Waals surface area (Å²) in [6.07, 6.45) is 4.81. The zero-order valence-electron chi connectivity index (χ0n) is 12.0. The lowest BCUT2D eigenvalue weighted by molar-refractivity contribution is 0.396. The second-order valence-electron chi connectivity index (χ2n) is 4.48. The van der Waals surface area contributed by atoms with Gasteiger partial charge in [0.25, 0.3) is 0 Å². The molecule has 0 saturated heterocycles. The van der Waals surface area contributed by atoms with Crippen molar-refractivity contribution >= 4 is 0 Å². The van der Waals surface area contributed by atoms with Crippen LogP contribution in [-0.2, 0) is 13.1 Å². The smallest absolute Gasteiger partial charge is 0.123 e. The molecule has 1 aromatic carbocycles. The molecule has 5 heteroatoms. The molecule has 0 bridgehead atoms. The van der Waals surface area contributed by atoms with Gasteiger partial charge in [0.15, 0.2) is 0 Å². The molecule has 0 fully saturated rings. The number of hydrogen-bond acceptors (Lipinski definition) is 4. The average Bonchev–Trinajstić information content (AvgIpc) is 3.00. The summed E-state index contributed by atoms with van der Waals surface area (Å²) < 4.78 is 12.5. The number of methoxy groups -OCH3 is 2. The van der Waals surface area contributed by atoms with Crippen molar-refractivity contribution < 1.29 is 9.47 Å². The molecule has 0 radical (unpaired) electrons. The Labute approximate surface area is 119 Å². The largest absolute Gasteiger partial charge is 0.497 e. The standard InChI is InChI=1S/C15H21N3O2/c1-19-14-5-6-15(20-2)13(11-14)12-16-7-3-9-18-10-4-8-17-18/h4-6,8,10-11,16H,3,7,9,12H2,1-2H3. The molecule has 2 aromatic rings. The minimum absolute atomic E-state index is 0.763. The Bertz CT molecular complexity index is 512. The number of aromatic nitrogens is 2. The minimum atomic E-state index is 0.763. The monoisotopic (exact) mass is 275 g/mol. The molecule has 108 valence electrons. The Kier molecular flexibility index (Phi) is 5.43. The maximum atomic E-state index is 5.35. The fraction of sp³-hybridized carbons (Fsp3) is 0.400. The van der Waals surface area contributed by atoms with E-state index in [9.17, 15) is 0 Å². The molecule has 20 heavy (non-hydrogen) atoms. The molecule has 1 heterocycles. The van der Waals surface area contributed by atoms with Gasteiger partial charge < -0.3 is 14.8 Å². The zero-order chi connectivity index (χ0) is 14.2. The lowest BCUT2D eigenvalue weighted by Crippen LogP contribution is -2.17. The number of benzene rings is 1. The first kappa shape index (κ1) is 14.4. The molecule has 0 saturated carbocycles. The van der Waals surface area contributed by atoms with Crippen molar-refractivity contribution in [3.63, 3.8) is 0 Å². The summed E-state index contributed by atoms with van der Waals surface area (Å²) in [7, 11) is 3.35. The van der Waals surface area contributed by atoms with E-state index in [4.69, 9.17) is 9.47 Å². The fourth-order valence-corrected chi connectivity index (χ4v) is 2.04. The van der Waals surface area contributed by atoms with Gasteiger partial charge in [0.1, 0.15) is 11.5 Å². The van der Waals surface area contributed by atoms with Gasteiger partial charge in [-0.1, -0.05) is 0 Å². The van der Waals surface area contributed by atoms with E-state index in [0.29, 0.717) is 0 Å². The number of nitrogens with one attached hydrogen (secondary N) is 1. The Morgan fingerprint density at radius 1 is 1.25 bits per heavy atom. The van der Waals surface area contributed by atoms with E-state index in [1.165, 1.54) is 0 Å². The normalized spacial score (nSPS) is 10.5. The van der Waals surface area contributed by atoms with Crippen LogP contribution in [0.4, 0.5) is 0 Å². The van der Waals surface area contributed by atoms with Crippen LogP contribution in [0.5, 0.6) is 11.5 Å². The highest BCUT2D eigenvalue weighted by Gasteiger charge is 2.04. The number of hydrogen-bond donors (Lipinski definition) is 1. The molecule has 2 rings (SSSR count). The second-order valence-corrected chi connectivity index (χ2v) is 4.48. The van der Waals surface area contributed by atoms with Crippen molar-refractivity contribution in [3.8, 4) is 11.5 Å². The highest BCUT2D eigenvalue weighted by atomic mass is 16.5. The van der Waals surface area contributed by atoms with E-state index >= 15 is 0 Å². The Morgan fingerprint density at radius 2 is 2.15 bits per heavy atom. The number of rotatable bonds is 8. The third-order valence-corrected chi connectivity index (χ3v) is 3.10. The van der Waals surface area contributed by atoms with E-state index in [0.717, 1.165) is 43.1 Å². The predicted octanol–water partition coefficient (Wildman–Crippen LogP) is 2.08. The summed E-state index contributed by atoms with van der Waals surface area (Å²) in [6, 6.07) is 7.77. The summed E-state index contributed by atoms with van der Waals surface area (Å²) in [4.78, 5) is 0. The highest BCUT2D eigenvalue weighted by Crippen LogP contribution is 2.23. The van der Waals surface area contributed by atoms with Crippen LogP contribution in [0.1, 0.15) is 12.0 Å². The molecule has 0 aliphatic heterocycles. The van der Waals surface area contributed by atoms with E-state index in [1.807, 2.05) is 35.1 Å². The van der Waals surface area contributed by atoms with E-state index in [2.05, 4.69) is 10.4 Å². The van der Waals surface area contributed by atoms with Crippen molar-refractivity contribution in [1.29, 1.82) is 0 Å². The van der Waals surface area contributed by atoms with Gasteiger partial charge in [-0.15, -0.1) is 0 Å². The lowest BCUT2D eigenvalue weighted by atomic mass is 10.2. The molecule has 0 unspecified atom stereocenters. The van der Waals surface area contributed by atoms with E-state index in [1.54, 1.807) is 20.4 Å². The molecular weight excluding hydrogens is 254 g/mol. The Balaban J connectivity index is 1.78. The van der Waals surface area contributed by atoms with Crippen LogP contribution in [0.15, 0.2) is 36.7 Å². The summed E-state index contributed by atoms with van der Waals surface area (Å²) in [5, 5.41) is 7.59. The summed E-state index contributed by atoms with van der Waals surface area (Å²) >= 11 is 0. The number of ether oxygens (including phenoxy) is 2. The molecule has 5 nitrogen and oxygen atoms in total. The van der Waals surface area contributed by atoms with Crippen LogP contribution in [0.3, 0.4) is 0 Å². The summed E-state index contributed by atoms with van der Waals surface area (Å²) in [5.74, 6) is 1.73. The van der Waals surface area contributed by atoms with Gasteiger partial charge in [0, 0.05) is 31.0 Å². The maximum Gasteiger partial charge on any atom is 0.123 e. The number of aryl methyl sites for hydroxylation is 1. The molecule has 1 aromatic heterocycles. The van der Waals surface area contributed by atoms with Gasteiger partial charge >= 0.3 is 0 Å².